The van der Waals surface area contributed by atoms with E-state index in [1.807, 2.05) is 0 Å². The highest BCUT2D eigenvalue weighted by Gasteiger charge is 2.23. The molecule has 1 atom stereocenters. The maximum absolute atomic E-state index is 13.6. The molecule has 2 aromatic carbocycles. The van der Waals surface area contributed by atoms with Crippen molar-refractivity contribution in [3.8, 4) is 11.5 Å². The van der Waals surface area contributed by atoms with Gasteiger partial charge in [0.05, 0.1) is 19.8 Å². The molecule has 0 spiro atoms. The molecule has 0 aliphatic rings. The number of Topliss-reactive ketones (excluding diaryl/α,β-unsaturated/α-hetero) is 1. The molecule has 1 unspecified atom stereocenters. The number of rotatable bonds is 5. The number of hydrogen-bond acceptors (Lipinski definition) is 4. The zero-order chi connectivity index (χ0) is 15.4. The minimum absolute atomic E-state index is 0.153. The van der Waals surface area contributed by atoms with Crippen LogP contribution < -0.4 is 9.47 Å². The Balaban J connectivity index is 2.34. The number of benzene rings is 2. The van der Waals surface area contributed by atoms with Crippen LogP contribution in [0.3, 0.4) is 0 Å². The normalized spacial score (nSPS) is 11.8. The molecule has 1 N–H and O–H groups in total. The predicted octanol–water partition coefficient (Wildman–Crippen LogP) is 2.76. The summed E-state index contributed by atoms with van der Waals surface area (Å²) in [7, 11) is 2.94. The van der Waals surface area contributed by atoms with Crippen LogP contribution >= 0.6 is 0 Å². The van der Waals surface area contributed by atoms with Gasteiger partial charge in [-0.2, -0.15) is 0 Å². The summed E-state index contributed by atoms with van der Waals surface area (Å²) in [6.07, 6.45) is -1.47. The van der Waals surface area contributed by atoms with Gasteiger partial charge in [0, 0.05) is 0 Å². The molecule has 0 radical (unpaired) electrons. The molecule has 2 rings (SSSR count). The maximum atomic E-state index is 13.6. The van der Waals surface area contributed by atoms with Crippen LogP contribution in [-0.4, -0.2) is 25.1 Å². The summed E-state index contributed by atoms with van der Waals surface area (Å²) in [5, 5.41) is 10.1. The van der Waals surface area contributed by atoms with Crippen LogP contribution in [0.1, 0.15) is 22.0 Å². The maximum Gasteiger partial charge on any atom is 0.198 e. The van der Waals surface area contributed by atoms with Gasteiger partial charge >= 0.3 is 0 Å². The Labute approximate surface area is 121 Å². The molecule has 0 aromatic heterocycles. The van der Waals surface area contributed by atoms with Crippen LogP contribution in [0.2, 0.25) is 0 Å². The highest BCUT2D eigenvalue weighted by Crippen LogP contribution is 2.31. The van der Waals surface area contributed by atoms with Crippen LogP contribution in [-0.2, 0) is 0 Å². The van der Waals surface area contributed by atoms with Crippen LogP contribution in [0, 0.1) is 5.82 Å². The van der Waals surface area contributed by atoms with Gasteiger partial charge in [-0.15, -0.1) is 0 Å². The molecule has 0 saturated carbocycles. The van der Waals surface area contributed by atoms with Gasteiger partial charge < -0.3 is 14.6 Å². The molecule has 5 heteroatoms. The van der Waals surface area contributed by atoms with E-state index in [1.165, 1.54) is 50.6 Å². The van der Waals surface area contributed by atoms with E-state index >= 15 is 0 Å². The van der Waals surface area contributed by atoms with Crippen molar-refractivity contribution >= 4 is 5.78 Å². The average Bonchev–Trinajstić information content (AvgIpc) is 2.53. The number of ether oxygens (including phenoxy) is 2. The van der Waals surface area contributed by atoms with Crippen LogP contribution in [0.4, 0.5) is 4.39 Å². The van der Waals surface area contributed by atoms with Gasteiger partial charge in [0.25, 0.3) is 0 Å². The van der Waals surface area contributed by atoms with Crippen molar-refractivity contribution in [1.29, 1.82) is 0 Å². The Kier molecular flexibility index (Phi) is 4.55. The Bertz CT molecular complexity index is 654. The van der Waals surface area contributed by atoms with E-state index in [1.54, 1.807) is 6.07 Å². The second-order valence-corrected chi connectivity index (χ2v) is 4.36. The molecule has 21 heavy (non-hydrogen) atoms. The number of carbonyl (C=O) groups is 1. The third-order valence-electron chi connectivity index (χ3n) is 3.11. The van der Waals surface area contributed by atoms with Crippen LogP contribution in [0.15, 0.2) is 42.5 Å². The summed E-state index contributed by atoms with van der Waals surface area (Å²) in [6.45, 7) is 0. The van der Waals surface area contributed by atoms with E-state index in [0.717, 1.165) is 0 Å². The van der Waals surface area contributed by atoms with E-state index in [-0.39, 0.29) is 5.56 Å². The van der Waals surface area contributed by atoms with Gasteiger partial charge in [-0.3, -0.25) is 4.79 Å². The standard InChI is InChI=1S/C16H15FO4/c1-20-13-8-7-10(9-14(13)21-2)15(18)16(19)11-5-3-4-6-12(11)17/h3-9,15,18H,1-2H3. The first-order valence-electron chi connectivity index (χ1n) is 6.27. The zero-order valence-corrected chi connectivity index (χ0v) is 11.7. The lowest BCUT2D eigenvalue weighted by molar-refractivity contribution is 0.0742. The fourth-order valence-electron chi connectivity index (χ4n) is 1.98. The summed E-state index contributed by atoms with van der Waals surface area (Å²) in [4.78, 5) is 12.2. The van der Waals surface area contributed by atoms with Crippen molar-refractivity contribution in [2.24, 2.45) is 0 Å². The van der Waals surface area contributed by atoms with E-state index in [4.69, 9.17) is 9.47 Å². The Morgan fingerprint density at radius 3 is 2.38 bits per heavy atom. The third-order valence-corrected chi connectivity index (χ3v) is 3.11. The molecule has 110 valence electrons. The predicted molar refractivity (Wildman–Crippen MR) is 75.2 cm³/mol. The van der Waals surface area contributed by atoms with Crippen molar-refractivity contribution in [2.45, 2.75) is 6.10 Å². The summed E-state index contributed by atoms with van der Waals surface area (Å²) in [5.41, 5.74) is 0.153. The topological polar surface area (TPSA) is 55.8 Å². The van der Waals surface area contributed by atoms with Crippen molar-refractivity contribution in [3.05, 3.63) is 59.4 Å². The van der Waals surface area contributed by atoms with Crippen molar-refractivity contribution in [2.75, 3.05) is 14.2 Å². The fraction of sp³-hybridized carbons (Fsp3) is 0.188. The fourth-order valence-corrected chi connectivity index (χ4v) is 1.98. The average molecular weight is 290 g/mol. The Hall–Kier alpha value is -2.40. The molecule has 0 aliphatic carbocycles. The molecular formula is C16H15FO4. The quantitative estimate of drug-likeness (QED) is 0.860. The third kappa shape index (κ3) is 3.03. The Morgan fingerprint density at radius 1 is 1.10 bits per heavy atom. The largest absolute Gasteiger partial charge is 0.493 e. The number of carbonyl (C=O) groups excluding carboxylic acids is 1. The first-order chi connectivity index (χ1) is 10.1. The number of aliphatic hydroxyl groups is 1. The summed E-state index contributed by atoms with van der Waals surface area (Å²) >= 11 is 0. The zero-order valence-electron chi connectivity index (χ0n) is 11.7. The number of hydrogen-bond donors (Lipinski definition) is 1. The molecule has 0 saturated heterocycles. The van der Waals surface area contributed by atoms with Crippen molar-refractivity contribution in [3.63, 3.8) is 0 Å². The van der Waals surface area contributed by atoms with Gasteiger partial charge in [-0.05, 0) is 29.8 Å². The molecule has 0 bridgehead atoms. The SMILES string of the molecule is COc1ccc(C(O)C(=O)c2ccccc2F)cc1OC. The van der Waals surface area contributed by atoms with Gasteiger partial charge in [-0.25, -0.2) is 4.39 Å². The van der Waals surface area contributed by atoms with Crippen LogP contribution in [0.5, 0.6) is 11.5 Å². The molecule has 0 heterocycles. The number of ketones is 1. The second kappa shape index (κ2) is 6.37. The lowest BCUT2D eigenvalue weighted by Gasteiger charge is -2.13. The van der Waals surface area contributed by atoms with E-state index in [0.29, 0.717) is 17.1 Å². The van der Waals surface area contributed by atoms with E-state index < -0.39 is 17.7 Å². The lowest BCUT2D eigenvalue weighted by atomic mass is 9.99. The number of methoxy groups -OCH3 is 2. The monoisotopic (exact) mass is 290 g/mol. The smallest absolute Gasteiger partial charge is 0.198 e. The first-order valence-corrected chi connectivity index (χ1v) is 6.27. The number of aliphatic hydroxyl groups excluding tert-OH is 1. The van der Waals surface area contributed by atoms with Gasteiger partial charge in [0.15, 0.2) is 17.3 Å². The molecule has 0 aliphatic heterocycles. The van der Waals surface area contributed by atoms with Gasteiger partial charge in [0.2, 0.25) is 0 Å². The van der Waals surface area contributed by atoms with Crippen LogP contribution in [0.25, 0.3) is 0 Å². The van der Waals surface area contributed by atoms with E-state index in [9.17, 15) is 14.3 Å². The number of halogens is 1. The van der Waals surface area contributed by atoms with Crippen molar-refractivity contribution < 1.29 is 23.8 Å². The molecule has 2 aromatic rings. The summed E-state index contributed by atoms with van der Waals surface area (Å²) < 4.78 is 23.8. The first kappa shape index (κ1) is 15.0. The van der Waals surface area contributed by atoms with Gasteiger partial charge in [-0.1, -0.05) is 18.2 Å². The summed E-state index contributed by atoms with van der Waals surface area (Å²) in [5.74, 6) is -0.510. The van der Waals surface area contributed by atoms with E-state index in [2.05, 4.69) is 0 Å². The Morgan fingerprint density at radius 2 is 1.76 bits per heavy atom. The molecule has 4 nitrogen and oxygen atoms in total. The van der Waals surface area contributed by atoms with Gasteiger partial charge in [0.1, 0.15) is 11.9 Å². The lowest BCUT2D eigenvalue weighted by Crippen LogP contribution is -2.14. The second-order valence-electron chi connectivity index (χ2n) is 4.36. The molecular weight excluding hydrogens is 275 g/mol. The summed E-state index contributed by atoms with van der Waals surface area (Å²) in [6, 6.07) is 10.1. The molecule has 0 fully saturated rings. The minimum Gasteiger partial charge on any atom is -0.493 e. The minimum atomic E-state index is -1.47. The highest BCUT2D eigenvalue weighted by atomic mass is 19.1. The van der Waals surface area contributed by atoms with Crippen molar-refractivity contribution in [1.82, 2.24) is 0 Å². The highest BCUT2D eigenvalue weighted by molar-refractivity contribution is 6.00. The molecule has 0 amide bonds.